The Hall–Kier alpha value is -1.58. The number of nitrogens with zero attached hydrogens (tertiary/aromatic N) is 1. The fraction of sp³-hybridized carbons (Fsp3) is 0.600. The minimum Gasteiger partial charge on any atom is -0.370 e. The zero-order valence-corrected chi connectivity index (χ0v) is 12.4. The standard InChI is InChI=1S/C15H25N3O/c1-5-9-17-14(19)8-10-16-13-7-6-12(11-18-13)15(2,3)4/h6-7,11H,5,8-10H2,1-4H3,(H,16,18)(H,17,19). The van der Waals surface area contributed by atoms with Crippen molar-refractivity contribution >= 4 is 11.7 Å². The van der Waals surface area contributed by atoms with Crippen LogP contribution >= 0.6 is 0 Å². The number of carbonyl (C=O) groups is 1. The van der Waals surface area contributed by atoms with Crippen LogP contribution in [0.15, 0.2) is 18.3 Å². The van der Waals surface area contributed by atoms with Crippen LogP contribution in [0.1, 0.15) is 46.1 Å². The minimum atomic E-state index is 0.0839. The van der Waals surface area contributed by atoms with Gasteiger partial charge in [-0.25, -0.2) is 4.98 Å². The van der Waals surface area contributed by atoms with Crippen molar-refractivity contribution < 1.29 is 4.79 Å². The fourth-order valence-electron chi connectivity index (χ4n) is 1.60. The highest BCUT2D eigenvalue weighted by molar-refractivity contribution is 5.76. The lowest BCUT2D eigenvalue weighted by atomic mass is 9.88. The molecule has 0 saturated carbocycles. The Balaban J connectivity index is 2.36. The molecule has 106 valence electrons. The van der Waals surface area contributed by atoms with Crippen molar-refractivity contribution in [2.75, 3.05) is 18.4 Å². The molecule has 1 aromatic heterocycles. The number of pyridine rings is 1. The van der Waals surface area contributed by atoms with E-state index in [0.29, 0.717) is 13.0 Å². The van der Waals surface area contributed by atoms with Crippen LogP contribution in [0.4, 0.5) is 5.82 Å². The van der Waals surface area contributed by atoms with Gasteiger partial charge in [0, 0.05) is 25.7 Å². The molecule has 4 heteroatoms. The predicted molar refractivity (Wildman–Crippen MR) is 79.3 cm³/mol. The summed E-state index contributed by atoms with van der Waals surface area (Å²) in [6, 6.07) is 4.04. The van der Waals surface area contributed by atoms with E-state index in [2.05, 4.69) is 42.5 Å². The molecule has 1 heterocycles. The van der Waals surface area contributed by atoms with Crippen LogP contribution in [0.2, 0.25) is 0 Å². The fourth-order valence-corrected chi connectivity index (χ4v) is 1.60. The average Bonchev–Trinajstić information content (AvgIpc) is 2.36. The van der Waals surface area contributed by atoms with Crippen molar-refractivity contribution in [3.63, 3.8) is 0 Å². The highest BCUT2D eigenvalue weighted by Gasteiger charge is 2.13. The van der Waals surface area contributed by atoms with Crippen LogP contribution in [0.25, 0.3) is 0 Å². The second-order valence-corrected chi connectivity index (χ2v) is 5.71. The molecule has 0 fully saturated rings. The number of hydrogen-bond donors (Lipinski definition) is 2. The van der Waals surface area contributed by atoms with Gasteiger partial charge in [-0.05, 0) is 23.5 Å². The van der Waals surface area contributed by atoms with Crippen LogP contribution in [-0.4, -0.2) is 24.0 Å². The molecule has 4 nitrogen and oxygen atoms in total. The zero-order valence-electron chi connectivity index (χ0n) is 12.4. The maximum Gasteiger partial charge on any atom is 0.221 e. The molecule has 0 bridgehead atoms. The quantitative estimate of drug-likeness (QED) is 0.829. The van der Waals surface area contributed by atoms with Crippen molar-refractivity contribution in [3.05, 3.63) is 23.9 Å². The van der Waals surface area contributed by atoms with E-state index in [-0.39, 0.29) is 11.3 Å². The lowest BCUT2D eigenvalue weighted by Crippen LogP contribution is -2.26. The molecule has 1 aromatic rings. The van der Waals surface area contributed by atoms with Crippen molar-refractivity contribution in [1.29, 1.82) is 0 Å². The molecule has 0 atom stereocenters. The Morgan fingerprint density at radius 3 is 2.53 bits per heavy atom. The van der Waals surface area contributed by atoms with E-state index in [1.165, 1.54) is 5.56 Å². The molecule has 1 rings (SSSR count). The Labute approximate surface area is 116 Å². The van der Waals surface area contributed by atoms with Gasteiger partial charge in [-0.2, -0.15) is 0 Å². The first-order chi connectivity index (χ1) is 8.93. The van der Waals surface area contributed by atoms with E-state index >= 15 is 0 Å². The lowest BCUT2D eigenvalue weighted by molar-refractivity contribution is -0.120. The highest BCUT2D eigenvalue weighted by atomic mass is 16.1. The topological polar surface area (TPSA) is 54.0 Å². The molecule has 0 saturated heterocycles. The third-order valence-electron chi connectivity index (χ3n) is 2.86. The molecule has 0 radical (unpaired) electrons. The van der Waals surface area contributed by atoms with Gasteiger partial charge in [0.2, 0.25) is 5.91 Å². The molecule has 0 aromatic carbocycles. The summed E-state index contributed by atoms with van der Waals surface area (Å²) in [4.78, 5) is 15.8. The zero-order chi connectivity index (χ0) is 14.3. The molecule has 0 spiro atoms. The van der Waals surface area contributed by atoms with Crippen molar-refractivity contribution in [2.45, 2.75) is 46.0 Å². The summed E-state index contributed by atoms with van der Waals surface area (Å²) in [5.41, 5.74) is 1.32. The third kappa shape index (κ3) is 5.73. The van der Waals surface area contributed by atoms with Gasteiger partial charge in [-0.15, -0.1) is 0 Å². The summed E-state index contributed by atoms with van der Waals surface area (Å²) < 4.78 is 0. The molecule has 2 N–H and O–H groups in total. The normalized spacial score (nSPS) is 11.2. The maximum atomic E-state index is 11.4. The third-order valence-corrected chi connectivity index (χ3v) is 2.86. The second kappa shape index (κ2) is 7.12. The molecule has 0 aliphatic heterocycles. The molecule has 0 aliphatic rings. The molecule has 0 aliphatic carbocycles. The lowest BCUT2D eigenvalue weighted by Gasteiger charge is -2.18. The maximum absolute atomic E-state index is 11.4. The number of amides is 1. The number of anilines is 1. The number of rotatable bonds is 6. The summed E-state index contributed by atoms with van der Waals surface area (Å²) in [7, 11) is 0. The van der Waals surface area contributed by atoms with Gasteiger partial charge < -0.3 is 10.6 Å². The summed E-state index contributed by atoms with van der Waals surface area (Å²) in [6.07, 6.45) is 3.33. The van der Waals surface area contributed by atoms with Gasteiger partial charge in [0.05, 0.1) is 0 Å². The van der Waals surface area contributed by atoms with E-state index in [1.807, 2.05) is 19.2 Å². The first-order valence-electron chi connectivity index (χ1n) is 6.90. The van der Waals surface area contributed by atoms with Gasteiger partial charge in [-0.3, -0.25) is 4.79 Å². The Kier molecular flexibility index (Phi) is 5.80. The van der Waals surface area contributed by atoms with Crippen molar-refractivity contribution in [2.24, 2.45) is 0 Å². The average molecular weight is 263 g/mol. The monoisotopic (exact) mass is 263 g/mol. The van der Waals surface area contributed by atoms with Crippen LogP contribution in [0.3, 0.4) is 0 Å². The van der Waals surface area contributed by atoms with Gasteiger partial charge in [0.1, 0.15) is 5.82 Å². The summed E-state index contributed by atoms with van der Waals surface area (Å²) in [5, 5.41) is 6.01. The SMILES string of the molecule is CCCNC(=O)CCNc1ccc(C(C)(C)C)cn1. The number of hydrogen-bond acceptors (Lipinski definition) is 3. The largest absolute Gasteiger partial charge is 0.370 e. The van der Waals surface area contributed by atoms with E-state index in [0.717, 1.165) is 18.8 Å². The smallest absolute Gasteiger partial charge is 0.221 e. The number of carbonyl (C=O) groups excluding carboxylic acids is 1. The Bertz CT molecular complexity index is 393. The van der Waals surface area contributed by atoms with Crippen molar-refractivity contribution in [3.8, 4) is 0 Å². The number of aromatic nitrogens is 1. The van der Waals surface area contributed by atoms with Crippen LogP contribution < -0.4 is 10.6 Å². The van der Waals surface area contributed by atoms with Crippen molar-refractivity contribution in [1.82, 2.24) is 10.3 Å². The van der Waals surface area contributed by atoms with Gasteiger partial charge in [0.25, 0.3) is 0 Å². The van der Waals surface area contributed by atoms with Gasteiger partial charge >= 0.3 is 0 Å². The van der Waals surface area contributed by atoms with Gasteiger partial charge in [0.15, 0.2) is 0 Å². The predicted octanol–water partition coefficient (Wildman–Crippen LogP) is 2.71. The molecular weight excluding hydrogens is 238 g/mol. The molecule has 1 amide bonds. The van der Waals surface area contributed by atoms with E-state index in [4.69, 9.17) is 0 Å². The summed E-state index contributed by atoms with van der Waals surface area (Å²) in [6.45, 7) is 9.88. The van der Waals surface area contributed by atoms with Gasteiger partial charge in [-0.1, -0.05) is 33.8 Å². The van der Waals surface area contributed by atoms with Crippen LogP contribution in [-0.2, 0) is 10.2 Å². The number of nitrogens with one attached hydrogen (secondary N) is 2. The highest BCUT2D eigenvalue weighted by Crippen LogP contribution is 2.21. The van der Waals surface area contributed by atoms with Crippen LogP contribution in [0.5, 0.6) is 0 Å². The molecular formula is C15H25N3O. The van der Waals surface area contributed by atoms with E-state index in [1.54, 1.807) is 0 Å². The Morgan fingerprint density at radius 1 is 1.26 bits per heavy atom. The first kappa shape index (κ1) is 15.5. The molecule has 0 unspecified atom stereocenters. The first-order valence-corrected chi connectivity index (χ1v) is 6.90. The van der Waals surface area contributed by atoms with E-state index < -0.39 is 0 Å². The summed E-state index contributed by atoms with van der Waals surface area (Å²) in [5.74, 6) is 0.900. The van der Waals surface area contributed by atoms with E-state index in [9.17, 15) is 4.79 Å². The van der Waals surface area contributed by atoms with Crippen LogP contribution in [0, 0.1) is 0 Å². The molecule has 19 heavy (non-hydrogen) atoms. The minimum absolute atomic E-state index is 0.0839. The Morgan fingerprint density at radius 2 is 2.00 bits per heavy atom. The second-order valence-electron chi connectivity index (χ2n) is 5.71. The summed E-state index contributed by atoms with van der Waals surface area (Å²) >= 11 is 0.